The Morgan fingerprint density at radius 1 is 1.31 bits per heavy atom. The fourth-order valence-corrected chi connectivity index (χ4v) is 3.80. The predicted octanol–water partition coefficient (Wildman–Crippen LogP) is 1.65. The summed E-state index contributed by atoms with van der Waals surface area (Å²) >= 11 is 0. The highest BCUT2D eigenvalue weighted by Crippen LogP contribution is 2.20. The molecule has 0 spiro atoms. The van der Waals surface area contributed by atoms with Gasteiger partial charge in [-0.2, -0.15) is 0 Å². The van der Waals surface area contributed by atoms with Crippen molar-refractivity contribution in [1.82, 2.24) is 20.4 Å². The molecular weight excluding hydrogens is 366 g/mol. The SMILES string of the molecule is CN=C(NCCCN1CCCC1C(=O)N(C)C)NCCc1cc(C)ccc1OC. The van der Waals surface area contributed by atoms with Gasteiger partial charge in [-0.25, -0.2) is 0 Å². The fourth-order valence-electron chi connectivity index (χ4n) is 3.80. The van der Waals surface area contributed by atoms with Gasteiger partial charge in [-0.1, -0.05) is 17.7 Å². The summed E-state index contributed by atoms with van der Waals surface area (Å²) in [6.07, 6.45) is 3.91. The number of nitrogens with one attached hydrogen (secondary N) is 2. The Labute approximate surface area is 175 Å². The van der Waals surface area contributed by atoms with Crippen molar-refractivity contribution in [2.24, 2.45) is 4.99 Å². The molecule has 1 saturated heterocycles. The summed E-state index contributed by atoms with van der Waals surface area (Å²) in [6.45, 7) is 5.63. The van der Waals surface area contributed by atoms with Crippen LogP contribution in [-0.4, -0.2) is 82.1 Å². The summed E-state index contributed by atoms with van der Waals surface area (Å²) in [5, 5.41) is 6.74. The van der Waals surface area contributed by atoms with Crippen LogP contribution in [0.25, 0.3) is 0 Å². The number of likely N-dealkylation sites (tertiary alicyclic amines) is 1. The lowest BCUT2D eigenvalue weighted by atomic mass is 10.1. The number of nitrogens with zero attached hydrogens (tertiary/aromatic N) is 3. The fraction of sp³-hybridized carbons (Fsp3) is 0.636. The van der Waals surface area contributed by atoms with Crippen molar-refractivity contribution in [3.8, 4) is 5.75 Å². The third-order valence-corrected chi connectivity index (χ3v) is 5.35. The zero-order chi connectivity index (χ0) is 21.2. The minimum Gasteiger partial charge on any atom is -0.496 e. The molecule has 1 aromatic rings. The molecule has 1 atom stereocenters. The highest BCUT2D eigenvalue weighted by atomic mass is 16.5. The van der Waals surface area contributed by atoms with Gasteiger partial charge in [0.15, 0.2) is 5.96 Å². The van der Waals surface area contributed by atoms with Crippen LogP contribution in [0, 0.1) is 6.92 Å². The van der Waals surface area contributed by atoms with Crippen LogP contribution in [0.3, 0.4) is 0 Å². The van der Waals surface area contributed by atoms with E-state index in [1.807, 2.05) is 20.2 Å². The lowest BCUT2D eigenvalue weighted by molar-refractivity contribution is -0.133. The summed E-state index contributed by atoms with van der Waals surface area (Å²) in [5.41, 5.74) is 2.43. The van der Waals surface area contributed by atoms with Crippen molar-refractivity contribution in [2.45, 2.75) is 38.6 Å². The zero-order valence-electron chi connectivity index (χ0n) is 18.6. The van der Waals surface area contributed by atoms with Crippen LogP contribution >= 0.6 is 0 Å². The molecule has 0 radical (unpaired) electrons. The molecule has 29 heavy (non-hydrogen) atoms. The molecule has 1 fully saturated rings. The van der Waals surface area contributed by atoms with Crippen molar-refractivity contribution in [3.05, 3.63) is 29.3 Å². The monoisotopic (exact) mass is 403 g/mol. The van der Waals surface area contributed by atoms with Gasteiger partial charge >= 0.3 is 0 Å². The molecule has 1 amide bonds. The molecule has 1 aromatic carbocycles. The summed E-state index contributed by atoms with van der Waals surface area (Å²) < 4.78 is 5.45. The largest absolute Gasteiger partial charge is 0.496 e. The molecule has 7 heteroatoms. The standard InChI is InChI=1S/C22H37N5O2/c1-17-9-10-20(29-5)18(16-17)11-13-25-22(23-2)24-12-7-15-27-14-6-8-19(27)21(28)26(3)4/h9-10,16,19H,6-8,11-15H2,1-5H3,(H2,23,24,25). The van der Waals surface area contributed by atoms with Crippen molar-refractivity contribution in [2.75, 3.05) is 54.4 Å². The van der Waals surface area contributed by atoms with Gasteiger partial charge in [0, 0.05) is 40.8 Å². The Morgan fingerprint density at radius 3 is 2.76 bits per heavy atom. The first-order chi connectivity index (χ1) is 14.0. The van der Waals surface area contributed by atoms with E-state index in [0.717, 1.165) is 63.6 Å². The number of carbonyl (C=O) groups excluding carboxylic acids is 1. The van der Waals surface area contributed by atoms with E-state index >= 15 is 0 Å². The number of aryl methyl sites for hydroxylation is 1. The van der Waals surface area contributed by atoms with E-state index in [4.69, 9.17) is 4.74 Å². The maximum absolute atomic E-state index is 12.3. The molecule has 2 rings (SSSR count). The van der Waals surface area contributed by atoms with Crippen molar-refractivity contribution in [1.29, 1.82) is 0 Å². The summed E-state index contributed by atoms with van der Waals surface area (Å²) in [4.78, 5) is 20.6. The first-order valence-corrected chi connectivity index (χ1v) is 10.5. The number of aliphatic imine (C=N–C) groups is 1. The van der Waals surface area contributed by atoms with E-state index in [9.17, 15) is 4.79 Å². The number of hydrogen-bond donors (Lipinski definition) is 2. The second-order valence-electron chi connectivity index (χ2n) is 7.77. The molecule has 0 aliphatic carbocycles. The Balaban J connectivity index is 1.70. The predicted molar refractivity (Wildman–Crippen MR) is 119 cm³/mol. The van der Waals surface area contributed by atoms with E-state index < -0.39 is 0 Å². The molecule has 0 aromatic heterocycles. The second kappa shape index (κ2) is 11.7. The topological polar surface area (TPSA) is 69.2 Å². The Morgan fingerprint density at radius 2 is 2.07 bits per heavy atom. The Hall–Kier alpha value is -2.28. The normalized spacial score (nSPS) is 17.3. The molecule has 2 N–H and O–H groups in total. The molecule has 162 valence electrons. The van der Waals surface area contributed by atoms with Gasteiger partial charge in [-0.3, -0.25) is 14.7 Å². The quantitative estimate of drug-likeness (QED) is 0.373. The maximum Gasteiger partial charge on any atom is 0.239 e. The second-order valence-corrected chi connectivity index (χ2v) is 7.77. The van der Waals surface area contributed by atoms with E-state index in [1.54, 1.807) is 19.1 Å². The van der Waals surface area contributed by atoms with Crippen LogP contribution in [0.15, 0.2) is 23.2 Å². The molecule has 1 aliphatic rings. The summed E-state index contributed by atoms with van der Waals surface area (Å²) in [6, 6.07) is 6.29. The number of guanidine groups is 1. The average molecular weight is 404 g/mol. The third kappa shape index (κ3) is 6.92. The third-order valence-electron chi connectivity index (χ3n) is 5.35. The first kappa shape index (κ1) is 23.0. The Bertz CT molecular complexity index is 690. The Kier molecular flexibility index (Phi) is 9.25. The van der Waals surface area contributed by atoms with Crippen LogP contribution < -0.4 is 15.4 Å². The lowest BCUT2D eigenvalue weighted by Gasteiger charge is -2.26. The number of methoxy groups -OCH3 is 1. The highest BCUT2D eigenvalue weighted by molar-refractivity contribution is 5.81. The number of benzene rings is 1. The van der Waals surface area contributed by atoms with E-state index in [0.29, 0.717) is 0 Å². The van der Waals surface area contributed by atoms with E-state index in [-0.39, 0.29) is 11.9 Å². The van der Waals surface area contributed by atoms with Gasteiger partial charge in [0.2, 0.25) is 5.91 Å². The number of amides is 1. The lowest BCUT2D eigenvalue weighted by Crippen LogP contribution is -2.44. The molecular formula is C22H37N5O2. The molecule has 1 heterocycles. The van der Waals surface area contributed by atoms with Crippen LogP contribution in [-0.2, 0) is 11.2 Å². The molecule has 1 aliphatic heterocycles. The molecule has 0 saturated carbocycles. The van der Waals surface area contributed by atoms with E-state index in [2.05, 4.69) is 39.6 Å². The number of carbonyl (C=O) groups is 1. The summed E-state index contributed by atoms with van der Waals surface area (Å²) in [7, 11) is 7.17. The smallest absolute Gasteiger partial charge is 0.239 e. The zero-order valence-corrected chi connectivity index (χ0v) is 18.6. The average Bonchev–Trinajstić information content (AvgIpc) is 3.17. The van der Waals surface area contributed by atoms with Crippen LogP contribution in [0.5, 0.6) is 5.75 Å². The molecule has 0 bridgehead atoms. The highest BCUT2D eigenvalue weighted by Gasteiger charge is 2.30. The maximum atomic E-state index is 12.3. The van der Waals surface area contributed by atoms with Gasteiger partial charge in [0.05, 0.1) is 13.2 Å². The minimum absolute atomic E-state index is 0.0479. The summed E-state index contributed by atoms with van der Waals surface area (Å²) in [5.74, 6) is 1.95. The van der Waals surface area contributed by atoms with Gasteiger partial charge in [-0.05, 0) is 50.8 Å². The molecule has 1 unspecified atom stereocenters. The number of hydrogen-bond acceptors (Lipinski definition) is 4. The number of likely N-dealkylation sites (N-methyl/N-ethyl adjacent to an activating group) is 1. The van der Waals surface area contributed by atoms with Gasteiger partial charge in [0.1, 0.15) is 5.75 Å². The van der Waals surface area contributed by atoms with Gasteiger partial charge in [-0.15, -0.1) is 0 Å². The van der Waals surface area contributed by atoms with Crippen LogP contribution in [0.1, 0.15) is 30.4 Å². The van der Waals surface area contributed by atoms with Crippen LogP contribution in [0.4, 0.5) is 0 Å². The van der Waals surface area contributed by atoms with E-state index in [1.165, 1.54) is 11.1 Å². The van der Waals surface area contributed by atoms with Crippen molar-refractivity contribution in [3.63, 3.8) is 0 Å². The number of rotatable bonds is 9. The van der Waals surface area contributed by atoms with Crippen molar-refractivity contribution < 1.29 is 9.53 Å². The molecule has 7 nitrogen and oxygen atoms in total. The van der Waals surface area contributed by atoms with Crippen molar-refractivity contribution >= 4 is 11.9 Å². The number of ether oxygens (including phenoxy) is 1. The van der Waals surface area contributed by atoms with Crippen LogP contribution in [0.2, 0.25) is 0 Å². The minimum atomic E-state index is 0.0479. The first-order valence-electron chi connectivity index (χ1n) is 10.5. The van der Waals surface area contributed by atoms with Gasteiger partial charge in [0.25, 0.3) is 0 Å². The van der Waals surface area contributed by atoms with Gasteiger partial charge < -0.3 is 20.3 Å².